The van der Waals surface area contributed by atoms with E-state index in [1.807, 2.05) is 19.9 Å². The molecule has 1 aromatic heterocycles. The van der Waals surface area contributed by atoms with Gasteiger partial charge in [-0.25, -0.2) is 0 Å². The van der Waals surface area contributed by atoms with Crippen LogP contribution >= 0.6 is 0 Å². The smallest absolute Gasteiger partial charge is 0.237 e. The molecule has 0 spiro atoms. The van der Waals surface area contributed by atoms with Crippen LogP contribution in [0.25, 0.3) is 0 Å². The van der Waals surface area contributed by atoms with Crippen molar-refractivity contribution >= 4 is 0 Å². The van der Waals surface area contributed by atoms with Crippen molar-refractivity contribution in [3.63, 3.8) is 0 Å². The Morgan fingerprint density at radius 3 is 2.23 bits per heavy atom. The molecule has 0 N–H and O–H groups in total. The van der Waals surface area contributed by atoms with Crippen LogP contribution in [0.3, 0.4) is 0 Å². The lowest BCUT2D eigenvalue weighted by Gasteiger charge is -2.57. The number of nitrogens with zero attached hydrogens (tertiary/aromatic N) is 1. The summed E-state index contributed by atoms with van der Waals surface area (Å²) >= 11 is 0. The predicted octanol–water partition coefficient (Wildman–Crippen LogP) is 3.83. The summed E-state index contributed by atoms with van der Waals surface area (Å²) in [7, 11) is 1.73. The topological polar surface area (TPSA) is 31.6 Å². The third kappa shape index (κ3) is 2.00. The number of ether oxygens (including phenoxy) is 3. The molecule has 2 aromatic rings. The Bertz CT molecular complexity index is 824. The van der Waals surface area contributed by atoms with Gasteiger partial charge in [-0.2, -0.15) is 4.57 Å². The quantitative estimate of drug-likeness (QED) is 0.604. The van der Waals surface area contributed by atoms with Crippen LogP contribution in [0, 0.1) is 5.41 Å². The van der Waals surface area contributed by atoms with Crippen LogP contribution in [0.15, 0.2) is 42.6 Å². The SMILES string of the molecule is CCOC1(OCC)C2c3ccccc3C([n+]3cccc(OC)c32)C1(C)C. The molecule has 0 amide bonds. The molecule has 2 atom stereocenters. The average molecular weight is 354 g/mol. The second-order valence-electron chi connectivity index (χ2n) is 7.59. The molecule has 5 rings (SSSR count). The molecule has 26 heavy (non-hydrogen) atoms. The van der Waals surface area contributed by atoms with Crippen molar-refractivity contribution in [3.8, 4) is 5.75 Å². The van der Waals surface area contributed by atoms with Crippen molar-refractivity contribution < 1.29 is 18.8 Å². The van der Waals surface area contributed by atoms with Gasteiger partial charge in [0.2, 0.25) is 5.69 Å². The lowest BCUT2D eigenvalue weighted by Crippen LogP contribution is -2.71. The van der Waals surface area contributed by atoms with E-state index in [-0.39, 0.29) is 17.4 Å². The molecule has 2 unspecified atom stereocenters. The van der Waals surface area contributed by atoms with Crippen LogP contribution in [0.2, 0.25) is 0 Å². The molecular weight excluding hydrogens is 326 g/mol. The van der Waals surface area contributed by atoms with E-state index in [9.17, 15) is 0 Å². The van der Waals surface area contributed by atoms with Gasteiger partial charge in [-0.05, 0) is 39.3 Å². The van der Waals surface area contributed by atoms with Crippen LogP contribution in [0.1, 0.15) is 56.5 Å². The maximum Gasteiger partial charge on any atom is 0.237 e. The molecular formula is C22H28NO3+. The van der Waals surface area contributed by atoms with E-state index in [1.54, 1.807) is 7.11 Å². The van der Waals surface area contributed by atoms with Gasteiger partial charge in [0.25, 0.3) is 0 Å². The summed E-state index contributed by atoms with van der Waals surface area (Å²) in [5.41, 5.74) is 3.52. The fourth-order valence-electron chi connectivity index (χ4n) is 5.22. The van der Waals surface area contributed by atoms with Gasteiger partial charge in [0, 0.05) is 24.8 Å². The molecule has 4 heteroatoms. The van der Waals surface area contributed by atoms with Crippen molar-refractivity contribution in [1.82, 2.24) is 0 Å². The van der Waals surface area contributed by atoms with Crippen LogP contribution in [-0.4, -0.2) is 26.1 Å². The first kappa shape index (κ1) is 17.5. The van der Waals surface area contributed by atoms with Crippen molar-refractivity contribution in [1.29, 1.82) is 0 Å². The van der Waals surface area contributed by atoms with Crippen molar-refractivity contribution in [2.24, 2.45) is 5.41 Å². The Balaban J connectivity index is 2.10. The predicted molar refractivity (Wildman–Crippen MR) is 99.4 cm³/mol. The van der Waals surface area contributed by atoms with Gasteiger partial charge in [-0.15, -0.1) is 0 Å². The minimum atomic E-state index is -0.732. The highest BCUT2D eigenvalue weighted by Crippen LogP contribution is 2.62. The molecule has 0 fully saturated rings. The van der Waals surface area contributed by atoms with Crippen molar-refractivity contribution in [2.75, 3.05) is 20.3 Å². The fourth-order valence-corrected chi connectivity index (χ4v) is 5.22. The van der Waals surface area contributed by atoms with Gasteiger partial charge in [-0.1, -0.05) is 24.3 Å². The highest BCUT2D eigenvalue weighted by molar-refractivity contribution is 5.49. The van der Waals surface area contributed by atoms with Crippen molar-refractivity contribution in [2.45, 2.75) is 45.4 Å². The van der Waals surface area contributed by atoms with Gasteiger partial charge >= 0.3 is 0 Å². The van der Waals surface area contributed by atoms with E-state index >= 15 is 0 Å². The monoisotopic (exact) mass is 354 g/mol. The summed E-state index contributed by atoms with van der Waals surface area (Å²) in [5, 5.41) is 0. The van der Waals surface area contributed by atoms with E-state index in [1.165, 1.54) is 11.1 Å². The van der Waals surface area contributed by atoms with Crippen molar-refractivity contribution in [3.05, 3.63) is 59.4 Å². The van der Waals surface area contributed by atoms with E-state index < -0.39 is 5.79 Å². The number of benzene rings is 1. The normalized spacial score (nSPS) is 24.0. The van der Waals surface area contributed by atoms with Gasteiger partial charge in [0.15, 0.2) is 23.8 Å². The summed E-state index contributed by atoms with van der Waals surface area (Å²) in [4.78, 5) is 0. The molecule has 3 aliphatic rings. The van der Waals surface area contributed by atoms with Gasteiger partial charge in [0.05, 0.1) is 12.5 Å². The number of rotatable bonds is 5. The second-order valence-corrected chi connectivity index (χ2v) is 7.59. The Morgan fingerprint density at radius 1 is 0.962 bits per heavy atom. The Kier molecular flexibility index (Phi) is 4.08. The largest absolute Gasteiger partial charge is 0.491 e. The Hall–Kier alpha value is -1.91. The minimum Gasteiger partial charge on any atom is -0.491 e. The molecule has 0 saturated carbocycles. The van der Waals surface area contributed by atoms with E-state index in [4.69, 9.17) is 14.2 Å². The average Bonchev–Trinajstić information content (AvgIpc) is 2.64. The van der Waals surface area contributed by atoms with Crippen LogP contribution < -0.4 is 9.30 Å². The van der Waals surface area contributed by atoms with Crippen LogP contribution in [0.5, 0.6) is 5.75 Å². The first-order chi connectivity index (χ1) is 12.5. The van der Waals surface area contributed by atoms with Crippen LogP contribution in [0.4, 0.5) is 0 Å². The summed E-state index contributed by atoms with van der Waals surface area (Å²) in [6.07, 6.45) is 2.16. The second kappa shape index (κ2) is 6.07. The zero-order valence-electron chi connectivity index (χ0n) is 16.3. The number of hydrogen-bond donors (Lipinski definition) is 0. The Morgan fingerprint density at radius 2 is 1.62 bits per heavy atom. The van der Waals surface area contributed by atoms with E-state index in [0.29, 0.717) is 13.2 Å². The molecule has 0 saturated heterocycles. The van der Waals surface area contributed by atoms with E-state index in [0.717, 1.165) is 11.4 Å². The number of pyridine rings is 1. The molecule has 2 bridgehead atoms. The molecule has 2 aliphatic heterocycles. The molecule has 3 heterocycles. The summed E-state index contributed by atoms with van der Waals surface area (Å²) in [6.45, 7) is 9.82. The van der Waals surface area contributed by atoms with Gasteiger partial charge in [-0.3, -0.25) is 0 Å². The first-order valence-corrected chi connectivity index (χ1v) is 9.48. The molecule has 1 aliphatic carbocycles. The molecule has 4 nitrogen and oxygen atoms in total. The highest BCUT2D eigenvalue weighted by atomic mass is 16.7. The van der Waals surface area contributed by atoms with Crippen LogP contribution in [-0.2, 0) is 9.47 Å². The lowest BCUT2D eigenvalue weighted by molar-refractivity contribution is -0.755. The Labute approximate surface area is 155 Å². The molecule has 1 aromatic carbocycles. The number of fused-ring (bicyclic) bond motifs is 1. The maximum absolute atomic E-state index is 6.48. The number of hydrogen-bond acceptors (Lipinski definition) is 3. The fraction of sp³-hybridized carbons (Fsp3) is 0.500. The van der Waals surface area contributed by atoms with Gasteiger partial charge in [0.1, 0.15) is 5.92 Å². The minimum absolute atomic E-state index is 0.0465. The van der Waals surface area contributed by atoms with E-state index in [2.05, 4.69) is 54.9 Å². The summed E-state index contributed by atoms with van der Waals surface area (Å²) < 4.78 is 21.1. The zero-order chi connectivity index (χ0) is 18.5. The number of aromatic nitrogens is 1. The highest BCUT2D eigenvalue weighted by Gasteiger charge is 2.71. The third-order valence-corrected chi connectivity index (χ3v) is 6.08. The summed E-state index contributed by atoms with van der Waals surface area (Å²) in [6, 6.07) is 12.9. The summed E-state index contributed by atoms with van der Waals surface area (Å²) in [5.74, 6) is 0.107. The molecule has 0 radical (unpaired) electrons. The standard InChI is InChI=1S/C22H28NO3/c1-6-25-22(26-7-2)18-15-11-8-9-12-16(15)20(21(22,3)4)23-14-10-13-17(24-5)19(18)23/h8-14,18,20H,6-7H2,1-5H3/q+1. The molecule has 138 valence electrons. The lowest BCUT2D eigenvalue weighted by atomic mass is 9.57. The number of methoxy groups -OCH3 is 1. The zero-order valence-corrected chi connectivity index (χ0v) is 16.3. The third-order valence-electron chi connectivity index (χ3n) is 6.08. The first-order valence-electron chi connectivity index (χ1n) is 9.48. The van der Waals surface area contributed by atoms with Gasteiger partial charge < -0.3 is 14.2 Å². The maximum atomic E-state index is 6.48.